The van der Waals surface area contributed by atoms with Gasteiger partial charge in [-0.2, -0.15) is 0 Å². The molecular weight excluding hydrogens is 280 g/mol. The van der Waals surface area contributed by atoms with Crippen LogP contribution in [0.2, 0.25) is 0 Å². The van der Waals surface area contributed by atoms with E-state index in [9.17, 15) is 15.0 Å². The molecule has 1 unspecified atom stereocenters. The zero-order valence-corrected chi connectivity index (χ0v) is 13.2. The van der Waals surface area contributed by atoms with Gasteiger partial charge in [0.25, 0.3) is 0 Å². The summed E-state index contributed by atoms with van der Waals surface area (Å²) >= 11 is 0. The van der Waals surface area contributed by atoms with Gasteiger partial charge in [0.15, 0.2) is 5.78 Å². The van der Waals surface area contributed by atoms with Crippen molar-refractivity contribution in [3.63, 3.8) is 0 Å². The molecule has 0 bridgehead atoms. The van der Waals surface area contributed by atoms with Gasteiger partial charge in [-0.15, -0.1) is 0 Å². The van der Waals surface area contributed by atoms with Crippen molar-refractivity contribution in [3.05, 3.63) is 42.0 Å². The molecule has 0 fully saturated rings. The van der Waals surface area contributed by atoms with Crippen molar-refractivity contribution in [1.82, 2.24) is 0 Å². The molecule has 2 rings (SSSR count). The van der Waals surface area contributed by atoms with Crippen molar-refractivity contribution in [3.8, 4) is 5.75 Å². The Labute approximate surface area is 130 Å². The third-order valence-corrected chi connectivity index (χ3v) is 3.63. The average molecular weight is 302 g/mol. The van der Waals surface area contributed by atoms with Gasteiger partial charge >= 0.3 is 0 Å². The SMILES string of the molecule is CC(OCC(C)(C)CO)C(=O)c1ccc2cc(O)ccc2c1. The van der Waals surface area contributed by atoms with Crippen LogP contribution < -0.4 is 0 Å². The van der Waals surface area contributed by atoms with Crippen molar-refractivity contribution >= 4 is 16.6 Å². The molecule has 4 heteroatoms. The zero-order chi connectivity index (χ0) is 16.3. The second kappa shape index (κ2) is 6.46. The van der Waals surface area contributed by atoms with Crippen molar-refractivity contribution in [2.75, 3.05) is 13.2 Å². The molecule has 0 saturated heterocycles. The van der Waals surface area contributed by atoms with E-state index in [1.165, 1.54) is 0 Å². The van der Waals surface area contributed by atoms with E-state index in [1.807, 2.05) is 19.9 Å². The average Bonchev–Trinajstić information content (AvgIpc) is 2.51. The lowest BCUT2D eigenvalue weighted by Crippen LogP contribution is -2.29. The molecule has 0 aliphatic carbocycles. The lowest BCUT2D eigenvalue weighted by atomic mass is 9.96. The van der Waals surface area contributed by atoms with Crippen LogP contribution in [0.1, 0.15) is 31.1 Å². The molecule has 22 heavy (non-hydrogen) atoms. The first-order chi connectivity index (χ1) is 10.3. The number of phenols is 1. The van der Waals surface area contributed by atoms with Gasteiger partial charge in [-0.25, -0.2) is 0 Å². The Hall–Kier alpha value is -1.91. The Kier molecular flexibility index (Phi) is 4.84. The molecule has 0 heterocycles. The Morgan fingerprint density at radius 3 is 2.50 bits per heavy atom. The maximum atomic E-state index is 12.4. The first kappa shape index (κ1) is 16.5. The number of aliphatic hydroxyl groups excluding tert-OH is 1. The monoisotopic (exact) mass is 302 g/mol. The molecule has 1 atom stereocenters. The Bertz CT molecular complexity index is 676. The molecule has 2 aromatic rings. The number of phenolic OH excluding ortho intramolecular Hbond substituents is 1. The maximum Gasteiger partial charge on any atom is 0.191 e. The highest BCUT2D eigenvalue weighted by molar-refractivity contribution is 6.02. The van der Waals surface area contributed by atoms with Crippen LogP contribution >= 0.6 is 0 Å². The van der Waals surface area contributed by atoms with E-state index < -0.39 is 6.10 Å². The summed E-state index contributed by atoms with van der Waals surface area (Å²) in [5.74, 6) is 0.109. The summed E-state index contributed by atoms with van der Waals surface area (Å²) < 4.78 is 5.60. The van der Waals surface area contributed by atoms with Crippen molar-refractivity contribution in [2.24, 2.45) is 5.41 Å². The number of ether oxygens (including phenoxy) is 1. The molecule has 4 nitrogen and oxygen atoms in total. The number of aromatic hydroxyl groups is 1. The van der Waals surface area contributed by atoms with E-state index >= 15 is 0 Å². The van der Waals surface area contributed by atoms with Crippen LogP contribution in [0.4, 0.5) is 0 Å². The zero-order valence-electron chi connectivity index (χ0n) is 13.2. The van der Waals surface area contributed by atoms with Crippen molar-refractivity contribution in [1.29, 1.82) is 0 Å². The summed E-state index contributed by atoms with van der Waals surface area (Å²) in [6.07, 6.45) is -0.569. The summed E-state index contributed by atoms with van der Waals surface area (Å²) in [6.45, 7) is 5.81. The molecule has 2 N–H and O–H groups in total. The van der Waals surface area contributed by atoms with Crippen LogP contribution in [0.25, 0.3) is 10.8 Å². The number of Topliss-reactive ketones (excluding diaryl/α,β-unsaturated/α-hetero) is 1. The highest BCUT2D eigenvalue weighted by Gasteiger charge is 2.22. The minimum Gasteiger partial charge on any atom is -0.508 e. The molecule has 0 spiro atoms. The van der Waals surface area contributed by atoms with Gasteiger partial charge in [0.05, 0.1) is 13.2 Å². The Morgan fingerprint density at radius 1 is 1.18 bits per heavy atom. The number of carbonyl (C=O) groups is 1. The quantitative estimate of drug-likeness (QED) is 0.804. The number of rotatable bonds is 6. The second-order valence-electron chi connectivity index (χ2n) is 6.39. The predicted molar refractivity (Wildman–Crippen MR) is 86.2 cm³/mol. The fourth-order valence-corrected chi connectivity index (χ4v) is 2.09. The lowest BCUT2D eigenvalue weighted by Gasteiger charge is -2.23. The molecule has 0 aliphatic rings. The highest BCUT2D eigenvalue weighted by atomic mass is 16.5. The van der Waals surface area contributed by atoms with Gasteiger partial charge in [-0.3, -0.25) is 4.79 Å². The van der Waals surface area contributed by atoms with Gasteiger partial charge in [-0.1, -0.05) is 32.0 Å². The fraction of sp³-hybridized carbons (Fsp3) is 0.389. The summed E-state index contributed by atoms with van der Waals surface area (Å²) in [5, 5.41) is 20.5. The molecule has 0 radical (unpaired) electrons. The van der Waals surface area contributed by atoms with Crippen LogP contribution in [0.5, 0.6) is 5.75 Å². The first-order valence-electron chi connectivity index (χ1n) is 7.32. The Balaban J connectivity index is 2.13. The molecule has 0 aliphatic heterocycles. The molecular formula is C18H22O4. The van der Waals surface area contributed by atoms with E-state index in [4.69, 9.17) is 4.74 Å². The summed E-state index contributed by atoms with van der Waals surface area (Å²) in [5.41, 5.74) is 0.211. The van der Waals surface area contributed by atoms with Crippen LogP contribution in [0, 0.1) is 5.41 Å². The largest absolute Gasteiger partial charge is 0.508 e. The normalized spacial score (nSPS) is 13.3. The van der Waals surface area contributed by atoms with E-state index in [-0.39, 0.29) is 23.6 Å². The highest BCUT2D eigenvalue weighted by Crippen LogP contribution is 2.22. The minimum absolute atomic E-state index is 0.00732. The van der Waals surface area contributed by atoms with Gasteiger partial charge < -0.3 is 14.9 Å². The topological polar surface area (TPSA) is 66.8 Å². The summed E-state index contributed by atoms with van der Waals surface area (Å²) in [7, 11) is 0. The number of benzene rings is 2. The standard InChI is InChI=1S/C18H22O4/c1-12(22-11-18(2,3)10-19)17(21)15-5-4-14-9-16(20)7-6-13(14)8-15/h4-9,12,19-20H,10-11H2,1-3H3. The van der Waals surface area contributed by atoms with E-state index in [0.717, 1.165) is 10.8 Å². The number of hydrogen-bond donors (Lipinski definition) is 2. The van der Waals surface area contributed by atoms with Crippen LogP contribution in [0.15, 0.2) is 36.4 Å². The number of fused-ring (bicyclic) bond motifs is 1. The maximum absolute atomic E-state index is 12.4. The molecule has 0 amide bonds. The number of hydrogen-bond acceptors (Lipinski definition) is 4. The van der Waals surface area contributed by atoms with E-state index in [0.29, 0.717) is 12.2 Å². The van der Waals surface area contributed by atoms with Crippen LogP contribution in [0.3, 0.4) is 0 Å². The van der Waals surface area contributed by atoms with E-state index in [2.05, 4.69) is 0 Å². The van der Waals surface area contributed by atoms with Crippen molar-refractivity contribution < 1.29 is 19.7 Å². The third-order valence-electron chi connectivity index (χ3n) is 3.63. The second-order valence-corrected chi connectivity index (χ2v) is 6.39. The predicted octanol–water partition coefficient (Wildman–Crippen LogP) is 3.15. The first-order valence-corrected chi connectivity index (χ1v) is 7.32. The molecule has 2 aromatic carbocycles. The van der Waals surface area contributed by atoms with E-state index in [1.54, 1.807) is 37.3 Å². The number of ketones is 1. The molecule has 118 valence electrons. The lowest BCUT2D eigenvalue weighted by molar-refractivity contribution is -0.00332. The summed E-state index contributed by atoms with van der Waals surface area (Å²) in [6, 6.07) is 10.4. The van der Waals surface area contributed by atoms with Gasteiger partial charge in [0.1, 0.15) is 11.9 Å². The third kappa shape index (κ3) is 3.84. The molecule has 0 saturated carbocycles. The smallest absolute Gasteiger partial charge is 0.191 e. The number of aliphatic hydroxyl groups is 1. The van der Waals surface area contributed by atoms with Crippen LogP contribution in [-0.4, -0.2) is 35.3 Å². The Morgan fingerprint density at radius 2 is 1.82 bits per heavy atom. The van der Waals surface area contributed by atoms with Crippen molar-refractivity contribution in [2.45, 2.75) is 26.9 Å². The van der Waals surface area contributed by atoms with Gasteiger partial charge in [-0.05, 0) is 35.9 Å². The fourth-order valence-electron chi connectivity index (χ4n) is 2.09. The number of carbonyl (C=O) groups excluding carboxylic acids is 1. The van der Waals surface area contributed by atoms with Gasteiger partial charge in [0, 0.05) is 11.0 Å². The molecule has 0 aromatic heterocycles. The summed E-state index contributed by atoms with van der Waals surface area (Å²) in [4.78, 5) is 12.4. The minimum atomic E-state index is -0.569. The van der Waals surface area contributed by atoms with Gasteiger partial charge in [0.2, 0.25) is 0 Å². The van der Waals surface area contributed by atoms with Crippen LogP contribution in [-0.2, 0) is 4.74 Å².